The molecule has 12 heavy (non-hydrogen) atoms. The molecule has 1 unspecified atom stereocenters. The molecule has 0 rings (SSSR count). The summed E-state index contributed by atoms with van der Waals surface area (Å²) >= 11 is 0. The van der Waals surface area contributed by atoms with E-state index in [1.54, 1.807) is 0 Å². The van der Waals surface area contributed by atoms with Crippen molar-refractivity contribution in [2.75, 3.05) is 6.61 Å². The highest BCUT2D eigenvalue weighted by molar-refractivity contribution is 4.68. The van der Waals surface area contributed by atoms with E-state index >= 15 is 0 Å². The third-order valence-electron chi connectivity index (χ3n) is 1.94. The van der Waals surface area contributed by atoms with E-state index in [0.717, 1.165) is 25.9 Å². The first-order valence-electron chi connectivity index (χ1n) is 4.80. The van der Waals surface area contributed by atoms with Crippen molar-refractivity contribution in [3.63, 3.8) is 0 Å². The van der Waals surface area contributed by atoms with Gasteiger partial charge in [0.15, 0.2) is 0 Å². The van der Waals surface area contributed by atoms with Gasteiger partial charge in [-0.15, -0.1) is 0 Å². The largest absolute Gasteiger partial charge is 0.393 e. The monoisotopic (exact) mass is 174 g/mol. The zero-order chi connectivity index (χ0) is 9.61. The minimum Gasteiger partial charge on any atom is -0.393 e. The summed E-state index contributed by atoms with van der Waals surface area (Å²) in [6.07, 6.45) is 2.75. The lowest BCUT2D eigenvalue weighted by Crippen LogP contribution is -2.24. The van der Waals surface area contributed by atoms with Crippen molar-refractivity contribution in [1.29, 1.82) is 0 Å². The molecule has 0 saturated heterocycles. The topological polar surface area (TPSA) is 29.5 Å². The smallest absolute Gasteiger partial charge is 0.0626 e. The lowest BCUT2D eigenvalue weighted by Gasteiger charge is -2.24. The average molecular weight is 174 g/mol. The molecule has 0 saturated carbocycles. The summed E-state index contributed by atoms with van der Waals surface area (Å²) in [5, 5.41) is 9.04. The van der Waals surface area contributed by atoms with E-state index in [2.05, 4.69) is 13.8 Å². The van der Waals surface area contributed by atoms with Crippen molar-refractivity contribution in [3.8, 4) is 0 Å². The van der Waals surface area contributed by atoms with E-state index in [9.17, 15) is 0 Å². The van der Waals surface area contributed by atoms with Gasteiger partial charge in [-0.1, -0.05) is 0 Å². The zero-order valence-corrected chi connectivity index (χ0v) is 8.76. The van der Waals surface area contributed by atoms with E-state index in [1.807, 2.05) is 13.8 Å². The van der Waals surface area contributed by atoms with Crippen LogP contribution in [0.5, 0.6) is 0 Å². The van der Waals surface area contributed by atoms with Crippen LogP contribution in [-0.2, 0) is 4.74 Å². The highest BCUT2D eigenvalue weighted by atomic mass is 16.5. The zero-order valence-electron chi connectivity index (χ0n) is 8.76. The Morgan fingerprint density at radius 3 is 2.42 bits per heavy atom. The van der Waals surface area contributed by atoms with Crippen LogP contribution < -0.4 is 0 Å². The van der Waals surface area contributed by atoms with Gasteiger partial charge in [0.1, 0.15) is 0 Å². The van der Waals surface area contributed by atoms with Crippen LogP contribution in [0.3, 0.4) is 0 Å². The summed E-state index contributed by atoms with van der Waals surface area (Å²) < 4.78 is 5.53. The minimum absolute atomic E-state index is 0.0242. The van der Waals surface area contributed by atoms with Crippen LogP contribution >= 0.6 is 0 Å². The average Bonchev–Trinajstić information content (AvgIpc) is 1.85. The van der Waals surface area contributed by atoms with Crippen molar-refractivity contribution in [2.45, 2.75) is 58.7 Å². The summed E-state index contributed by atoms with van der Waals surface area (Å²) in [6.45, 7) is 8.79. The lowest BCUT2D eigenvalue weighted by molar-refractivity contribution is -0.0193. The summed E-state index contributed by atoms with van der Waals surface area (Å²) in [5.74, 6) is 0. The Morgan fingerprint density at radius 1 is 1.42 bits per heavy atom. The van der Waals surface area contributed by atoms with Gasteiger partial charge in [-0.25, -0.2) is 0 Å². The number of hydrogen-bond acceptors (Lipinski definition) is 2. The van der Waals surface area contributed by atoms with Crippen LogP contribution in [0.25, 0.3) is 0 Å². The van der Waals surface area contributed by atoms with Crippen molar-refractivity contribution >= 4 is 0 Å². The van der Waals surface area contributed by atoms with Crippen LogP contribution in [0.2, 0.25) is 0 Å². The van der Waals surface area contributed by atoms with Gasteiger partial charge >= 0.3 is 0 Å². The van der Waals surface area contributed by atoms with Gasteiger partial charge in [0.2, 0.25) is 0 Å². The van der Waals surface area contributed by atoms with Crippen LogP contribution in [0, 0.1) is 0 Å². The number of ether oxygens (including phenoxy) is 1. The van der Waals surface area contributed by atoms with Crippen molar-refractivity contribution in [2.24, 2.45) is 0 Å². The van der Waals surface area contributed by atoms with Crippen molar-refractivity contribution in [1.82, 2.24) is 0 Å². The van der Waals surface area contributed by atoms with Crippen LogP contribution in [0.15, 0.2) is 0 Å². The molecule has 0 aliphatic rings. The van der Waals surface area contributed by atoms with Gasteiger partial charge in [-0.2, -0.15) is 0 Å². The van der Waals surface area contributed by atoms with Gasteiger partial charge in [0, 0.05) is 6.61 Å². The summed E-state index contributed by atoms with van der Waals surface area (Å²) in [5.41, 5.74) is -0.0242. The predicted octanol–water partition coefficient (Wildman–Crippen LogP) is 2.35. The molecule has 74 valence electrons. The first-order chi connectivity index (χ1) is 5.48. The fraction of sp³-hybridized carbons (Fsp3) is 1.00. The summed E-state index contributed by atoms with van der Waals surface area (Å²) in [6, 6.07) is 0. The van der Waals surface area contributed by atoms with Crippen molar-refractivity contribution in [3.05, 3.63) is 0 Å². The maximum Gasteiger partial charge on any atom is 0.0626 e. The first-order valence-corrected chi connectivity index (χ1v) is 4.80. The van der Waals surface area contributed by atoms with E-state index in [0.29, 0.717) is 0 Å². The number of hydrogen-bond donors (Lipinski definition) is 1. The Morgan fingerprint density at radius 2 is 2.00 bits per heavy atom. The van der Waals surface area contributed by atoms with Crippen LogP contribution in [0.4, 0.5) is 0 Å². The second-order valence-electron chi connectivity index (χ2n) is 3.93. The number of rotatable bonds is 6. The molecule has 0 aromatic heterocycles. The molecule has 0 aliphatic carbocycles. The minimum atomic E-state index is -0.178. The van der Waals surface area contributed by atoms with Gasteiger partial charge in [-0.05, 0) is 47.0 Å². The second kappa shape index (κ2) is 5.55. The quantitative estimate of drug-likeness (QED) is 0.669. The molecule has 1 N–H and O–H groups in total. The summed E-state index contributed by atoms with van der Waals surface area (Å²) in [7, 11) is 0. The van der Waals surface area contributed by atoms with Gasteiger partial charge < -0.3 is 9.84 Å². The third kappa shape index (κ3) is 6.62. The fourth-order valence-corrected chi connectivity index (χ4v) is 1.29. The Labute approximate surface area is 75.9 Å². The predicted molar refractivity (Wildman–Crippen MR) is 51.2 cm³/mol. The molecular formula is C10H22O2. The maximum atomic E-state index is 9.04. The first kappa shape index (κ1) is 11.9. The van der Waals surface area contributed by atoms with Crippen LogP contribution in [-0.4, -0.2) is 23.4 Å². The van der Waals surface area contributed by atoms with E-state index in [-0.39, 0.29) is 11.7 Å². The van der Waals surface area contributed by atoms with Gasteiger partial charge in [-0.3, -0.25) is 0 Å². The van der Waals surface area contributed by atoms with E-state index in [1.165, 1.54) is 0 Å². The Hall–Kier alpha value is -0.0800. The van der Waals surface area contributed by atoms with Crippen LogP contribution in [0.1, 0.15) is 47.0 Å². The normalized spacial score (nSPS) is 14.8. The molecule has 0 fully saturated rings. The SMILES string of the molecule is CCOC(C)(C)CCCC(C)O. The Bertz CT molecular complexity index is 108. The molecule has 0 amide bonds. The molecule has 2 nitrogen and oxygen atoms in total. The Balaban J connectivity index is 3.46. The highest BCUT2D eigenvalue weighted by Gasteiger charge is 2.16. The number of aliphatic hydroxyl groups is 1. The molecule has 2 heteroatoms. The summed E-state index contributed by atoms with van der Waals surface area (Å²) in [4.78, 5) is 0. The van der Waals surface area contributed by atoms with E-state index in [4.69, 9.17) is 9.84 Å². The Kier molecular flexibility index (Phi) is 5.51. The highest BCUT2D eigenvalue weighted by Crippen LogP contribution is 2.18. The molecule has 1 atom stereocenters. The molecule has 0 aliphatic heterocycles. The van der Waals surface area contributed by atoms with Crippen molar-refractivity contribution < 1.29 is 9.84 Å². The second-order valence-corrected chi connectivity index (χ2v) is 3.93. The standard InChI is InChI=1S/C10H22O2/c1-5-12-10(3,4)8-6-7-9(2)11/h9,11H,5-8H2,1-4H3. The molecule has 0 aromatic carbocycles. The molecule has 0 bridgehead atoms. The number of aliphatic hydroxyl groups excluding tert-OH is 1. The van der Waals surface area contributed by atoms with Gasteiger partial charge in [0.05, 0.1) is 11.7 Å². The van der Waals surface area contributed by atoms with E-state index < -0.39 is 0 Å². The molecular weight excluding hydrogens is 152 g/mol. The molecule has 0 heterocycles. The maximum absolute atomic E-state index is 9.04. The molecule has 0 radical (unpaired) electrons. The van der Waals surface area contributed by atoms with Gasteiger partial charge in [0.25, 0.3) is 0 Å². The fourth-order valence-electron chi connectivity index (χ4n) is 1.29. The molecule has 0 spiro atoms. The lowest BCUT2D eigenvalue weighted by atomic mass is 10.00. The third-order valence-corrected chi connectivity index (χ3v) is 1.94. The molecule has 0 aromatic rings.